The molecule has 0 amide bonds. The molecule has 0 aromatic heterocycles. The summed E-state index contributed by atoms with van der Waals surface area (Å²) in [6.07, 6.45) is 3.33. The second kappa shape index (κ2) is 7.82. The maximum Gasteiger partial charge on any atom is 0.269 e. The minimum Gasteiger partial charge on any atom is -0.316 e. The van der Waals surface area contributed by atoms with E-state index in [1.165, 1.54) is 12.8 Å². The summed E-state index contributed by atoms with van der Waals surface area (Å²) in [6, 6.07) is 6.79. The molecule has 4 heteroatoms. The van der Waals surface area contributed by atoms with Crippen molar-refractivity contribution >= 4 is 5.69 Å². The van der Waals surface area contributed by atoms with Crippen LogP contribution in [0, 0.1) is 16.0 Å². The van der Waals surface area contributed by atoms with E-state index in [-0.39, 0.29) is 10.6 Å². The van der Waals surface area contributed by atoms with Crippen molar-refractivity contribution in [2.24, 2.45) is 5.92 Å². The Bertz CT molecular complexity index is 359. The van der Waals surface area contributed by atoms with Gasteiger partial charge in [0.1, 0.15) is 0 Å². The fourth-order valence-electron chi connectivity index (χ4n) is 1.90. The third kappa shape index (κ3) is 4.84. The Kier molecular flexibility index (Phi) is 6.36. The lowest BCUT2D eigenvalue weighted by Gasteiger charge is -2.13. The number of nitro groups is 1. The average molecular weight is 250 g/mol. The fraction of sp³-hybridized carbons (Fsp3) is 0.571. The standard InChI is InChI=1S/C14H22N2O2/c1-3-12(4-2)11-15-10-9-13-5-7-14(8-6-13)16(17)18/h5-8,12,15H,3-4,9-11H2,1-2H3. The number of non-ortho nitro benzene ring substituents is 1. The van der Waals surface area contributed by atoms with Gasteiger partial charge in [-0.25, -0.2) is 0 Å². The van der Waals surface area contributed by atoms with Crippen molar-refractivity contribution < 1.29 is 4.92 Å². The van der Waals surface area contributed by atoms with Gasteiger partial charge in [-0.05, 0) is 31.0 Å². The monoisotopic (exact) mass is 250 g/mol. The highest BCUT2D eigenvalue weighted by atomic mass is 16.6. The first kappa shape index (κ1) is 14.6. The Labute approximate surface area is 109 Å². The first-order valence-electron chi connectivity index (χ1n) is 6.61. The van der Waals surface area contributed by atoms with E-state index in [0.29, 0.717) is 0 Å². The molecule has 0 aliphatic rings. The molecule has 0 unspecified atom stereocenters. The van der Waals surface area contributed by atoms with Crippen LogP contribution >= 0.6 is 0 Å². The summed E-state index contributed by atoms with van der Waals surface area (Å²) in [4.78, 5) is 10.1. The zero-order valence-corrected chi connectivity index (χ0v) is 11.2. The molecule has 0 bridgehead atoms. The van der Waals surface area contributed by atoms with Crippen LogP contribution in [0.2, 0.25) is 0 Å². The molecule has 1 rings (SSSR count). The summed E-state index contributed by atoms with van der Waals surface area (Å²) in [7, 11) is 0. The molecule has 100 valence electrons. The van der Waals surface area contributed by atoms with Crippen LogP contribution in [0.5, 0.6) is 0 Å². The maximum absolute atomic E-state index is 10.5. The second-order valence-corrected chi connectivity index (χ2v) is 4.56. The molecule has 0 spiro atoms. The van der Waals surface area contributed by atoms with Gasteiger partial charge in [0.2, 0.25) is 0 Å². The van der Waals surface area contributed by atoms with Crippen molar-refractivity contribution in [3.05, 3.63) is 39.9 Å². The van der Waals surface area contributed by atoms with Gasteiger partial charge in [-0.15, -0.1) is 0 Å². The highest BCUT2D eigenvalue weighted by molar-refractivity contribution is 5.32. The fourth-order valence-corrected chi connectivity index (χ4v) is 1.90. The van der Waals surface area contributed by atoms with Crippen molar-refractivity contribution in [1.82, 2.24) is 5.32 Å². The molecule has 0 atom stereocenters. The predicted octanol–water partition coefficient (Wildman–Crippen LogP) is 3.16. The maximum atomic E-state index is 10.5. The van der Waals surface area contributed by atoms with Crippen molar-refractivity contribution in [2.75, 3.05) is 13.1 Å². The predicted molar refractivity (Wildman–Crippen MR) is 73.7 cm³/mol. The number of benzene rings is 1. The first-order chi connectivity index (χ1) is 8.67. The lowest BCUT2D eigenvalue weighted by atomic mass is 10.0. The summed E-state index contributed by atoms with van der Waals surface area (Å²) in [6.45, 7) is 6.41. The van der Waals surface area contributed by atoms with Crippen LogP contribution in [0.3, 0.4) is 0 Å². The number of hydrogen-bond acceptors (Lipinski definition) is 3. The molecule has 0 aliphatic carbocycles. The Morgan fingerprint density at radius 1 is 1.22 bits per heavy atom. The van der Waals surface area contributed by atoms with Crippen molar-refractivity contribution in [2.45, 2.75) is 33.1 Å². The van der Waals surface area contributed by atoms with Gasteiger partial charge in [-0.1, -0.05) is 38.8 Å². The summed E-state index contributed by atoms with van der Waals surface area (Å²) < 4.78 is 0. The number of nitrogens with zero attached hydrogens (tertiary/aromatic N) is 1. The zero-order valence-electron chi connectivity index (χ0n) is 11.2. The lowest BCUT2D eigenvalue weighted by molar-refractivity contribution is -0.384. The molecule has 18 heavy (non-hydrogen) atoms. The number of nitrogens with one attached hydrogen (secondary N) is 1. The molecule has 0 aliphatic heterocycles. The Hall–Kier alpha value is -1.42. The Morgan fingerprint density at radius 3 is 2.33 bits per heavy atom. The molecule has 0 fully saturated rings. The van der Waals surface area contributed by atoms with Crippen LogP contribution in [-0.4, -0.2) is 18.0 Å². The van der Waals surface area contributed by atoms with Crippen LogP contribution in [0.4, 0.5) is 5.69 Å². The Balaban J connectivity index is 2.29. The molecule has 0 saturated heterocycles. The molecule has 0 radical (unpaired) electrons. The highest BCUT2D eigenvalue weighted by Gasteiger charge is 2.04. The van der Waals surface area contributed by atoms with Gasteiger partial charge in [0.05, 0.1) is 4.92 Å². The van der Waals surface area contributed by atoms with Gasteiger partial charge in [0.25, 0.3) is 5.69 Å². The topological polar surface area (TPSA) is 55.2 Å². The minimum atomic E-state index is -0.366. The summed E-state index contributed by atoms with van der Waals surface area (Å²) in [5, 5.41) is 13.9. The number of rotatable bonds is 8. The average Bonchev–Trinajstić information content (AvgIpc) is 2.39. The SMILES string of the molecule is CCC(CC)CNCCc1ccc([N+](=O)[O-])cc1. The Morgan fingerprint density at radius 2 is 1.83 bits per heavy atom. The van der Waals surface area contributed by atoms with Gasteiger partial charge in [0.15, 0.2) is 0 Å². The molecular weight excluding hydrogens is 228 g/mol. The van der Waals surface area contributed by atoms with Gasteiger partial charge in [-0.2, -0.15) is 0 Å². The number of hydrogen-bond donors (Lipinski definition) is 1. The van der Waals surface area contributed by atoms with Crippen LogP contribution in [0.1, 0.15) is 32.3 Å². The second-order valence-electron chi connectivity index (χ2n) is 4.56. The summed E-state index contributed by atoms with van der Waals surface area (Å²) in [5.74, 6) is 0.752. The van der Waals surface area contributed by atoms with E-state index in [1.807, 2.05) is 12.1 Å². The van der Waals surface area contributed by atoms with Gasteiger partial charge in [0, 0.05) is 12.1 Å². The molecule has 0 saturated carbocycles. The van der Waals surface area contributed by atoms with Gasteiger partial charge in [-0.3, -0.25) is 10.1 Å². The quantitative estimate of drug-likeness (QED) is 0.438. The van der Waals surface area contributed by atoms with Crippen LogP contribution < -0.4 is 5.32 Å². The van der Waals surface area contributed by atoms with E-state index in [9.17, 15) is 10.1 Å². The van der Waals surface area contributed by atoms with E-state index in [0.717, 1.165) is 31.0 Å². The highest BCUT2D eigenvalue weighted by Crippen LogP contribution is 2.12. The van der Waals surface area contributed by atoms with Crippen molar-refractivity contribution in [3.8, 4) is 0 Å². The summed E-state index contributed by atoms with van der Waals surface area (Å²) >= 11 is 0. The van der Waals surface area contributed by atoms with Crippen LogP contribution in [0.25, 0.3) is 0 Å². The van der Waals surface area contributed by atoms with E-state index < -0.39 is 0 Å². The molecule has 0 heterocycles. The van der Waals surface area contributed by atoms with E-state index in [2.05, 4.69) is 19.2 Å². The molecular formula is C14H22N2O2. The van der Waals surface area contributed by atoms with Crippen molar-refractivity contribution in [3.63, 3.8) is 0 Å². The minimum absolute atomic E-state index is 0.156. The smallest absolute Gasteiger partial charge is 0.269 e. The molecule has 1 N–H and O–H groups in total. The summed E-state index contributed by atoms with van der Waals surface area (Å²) in [5.41, 5.74) is 1.29. The number of nitro benzene ring substituents is 1. The van der Waals surface area contributed by atoms with Crippen LogP contribution in [-0.2, 0) is 6.42 Å². The van der Waals surface area contributed by atoms with E-state index >= 15 is 0 Å². The van der Waals surface area contributed by atoms with Gasteiger partial charge < -0.3 is 5.32 Å². The normalized spacial score (nSPS) is 10.8. The van der Waals surface area contributed by atoms with Crippen LogP contribution in [0.15, 0.2) is 24.3 Å². The third-order valence-corrected chi connectivity index (χ3v) is 3.33. The molecule has 1 aromatic rings. The molecule has 1 aromatic carbocycles. The first-order valence-corrected chi connectivity index (χ1v) is 6.61. The zero-order chi connectivity index (χ0) is 13.4. The third-order valence-electron chi connectivity index (χ3n) is 3.33. The van der Waals surface area contributed by atoms with E-state index in [4.69, 9.17) is 0 Å². The van der Waals surface area contributed by atoms with Crippen molar-refractivity contribution in [1.29, 1.82) is 0 Å². The largest absolute Gasteiger partial charge is 0.316 e. The lowest BCUT2D eigenvalue weighted by Crippen LogP contribution is -2.24. The van der Waals surface area contributed by atoms with Gasteiger partial charge >= 0.3 is 0 Å². The molecule has 4 nitrogen and oxygen atoms in total. The van der Waals surface area contributed by atoms with E-state index in [1.54, 1.807) is 12.1 Å².